The number of hydrogen-bond donors (Lipinski definition) is 2. The molecule has 1 amide bonds. The van der Waals surface area contributed by atoms with Gasteiger partial charge in [0.1, 0.15) is 6.61 Å². The molecule has 1 heterocycles. The van der Waals surface area contributed by atoms with Gasteiger partial charge in [-0.05, 0) is 60.5 Å². The van der Waals surface area contributed by atoms with Gasteiger partial charge in [0.2, 0.25) is 0 Å². The molecule has 4 rings (SSSR count). The second kappa shape index (κ2) is 11.7. The number of imidazole rings is 1. The van der Waals surface area contributed by atoms with Crippen LogP contribution < -0.4 is 10.1 Å². The van der Waals surface area contributed by atoms with Crippen LogP contribution in [-0.2, 0) is 29.2 Å². The maximum Gasteiger partial charge on any atom is 0.416 e. The van der Waals surface area contributed by atoms with Crippen LogP contribution in [-0.4, -0.2) is 41.3 Å². The number of ether oxygens (including phenoxy) is 1. The van der Waals surface area contributed by atoms with Crippen molar-refractivity contribution in [2.24, 2.45) is 0 Å². The summed E-state index contributed by atoms with van der Waals surface area (Å²) in [6.45, 7) is 3.54. The average molecular weight is 576 g/mol. The van der Waals surface area contributed by atoms with Gasteiger partial charge in [0.05, 0.1) is 39.9 Å². The number of hydrogen-bond acceptors (Lipinski definition) is 6. The van der Waals surface area contributed by atoms with Gasteiger partial charge < -0.3 is 15.2 Å². The lowest BCUT2D eigenvalue weighted by Gasteiger charge is -2.17. The molecule has 0 aliphatic rings. The lowest BCUT2D eigenvalue weighted by molar-refractivity contribution is -0.137. The first-order chi connectivity index (χ1) is 19.0. The Labute approximate surface area is 229 Å². The molecule has 8 nitrogen and oxygen atoms in total. The number of aromatic nitrogens is 2. The van der Waals surface area contributed by atoms with Gasteiger partial charge >= 0.3 is 6.18 Å². The van der Waals surface area contributed by atoms with E-state index in [1.54, 1.807) is 41.8 Å². The summed E-state index contributed by atoms with van der Waals surface area (Å²) in [4.78, 5) is 17.6. The van der Waals surface area contributed by atoms with Gasteiger partial charge in [-0.25, -0.2) is 8.42 Å². The molecule has 0 spiro atoms. The Morgan fingerprint density at radius 3 is 2.30 bits per heavy atom. The predicted molar refractivity (Wildman–Crippen MR) is 143 cm³/mol. The summed E-state index contributed by atoms with van der Waals surface area (Å²) in [6, 6.07) is 15.1. The Balaban J connectivity index is 1.50. The molecule has 1 atom stereocenters. The summed E-state index contributed by atoms with van der Waals surface area (Å²) in [5, 5.41) is 12.6. The second-order valence-corrected chi connectivity index (χ2v) is 11.3. The number of fused-ring (bicyclic) bond motifs is 1. The molecule has 0 radical (unpaired) electrons. The van der Waals surface area contributed by atoms with Crippen molar-refractivity contribution in [2.75, 3.05) is 12.4 Å². The maximum atomic E-state index is 13.0. The van der Waals surface area contributed by atoms with Gasteiger partial charge in [-0.3, -0.25) is 9.36 Å². The Bertz CT molecular complexity index is 1600. The van der Waals surface area contributed by atoms with Gasteiger partial charge in [-0.15, -0.1) is 0 Å². The minimum atomic E-state index is -4.42. The first kappa shape index (κ1) is 29.1. The van der Waals surface area contributed by atoms with Crippen molar-refractivity contribution in [2.45, 2.75) is 44.1 Å². The number of halogens is 3. The molecule has 4 aromatic rings. The number of amides is 1. The SMILES string of the molecule is CCn1c(OCc2ccc(C(F)(F)F)cc2)nc2cc(C(=O)NC(CO)c3ccc(S(=O)(=O)CC)cc3)ccc21. The van der Waals surface area contributed by atoms with Gasteiger partial charge in [0.15, 0.2) is 9.84 Å². The number of alkyl halides is 3. The van der Waals surface area contributed by atoms with Crippen LogP contribution in [0.1, 0.15) is 46.9 Å². The number of rotatable bonds is 10. The first-order valence-corrected chi connectivity index (χ1v) is 14.2. The molecule has 0 saturated heterocycles. The Morgan fingerprint density at radius 1 is 1.05 bits per heavy atom. The van der Waals surface area contributed by atoms with E-state index in [1.165, 1.54) is 24.3 Å². The number of carbonyl (C=O) groups excluding carboxylic acids is 1. The molecule has 2 N–H and O–H groups in total. The monoisotopic (exact) mass is 575 g/mol. The third kappa shape index (κ3) is 6.28. The van der Waals surface area contributed by atoms with Gasteiger partial charge in [-0.2, -0.15) is 18.2 Å². The molecule has 0 bridgehead atoms. The fourth-order valence-electron chi connectivity index (χ4n) is 4.15. The van der Waals surface area contributed by atoms with E-state index in [-0.39, 0.29) is 28.8 Å². The fraction of sp³-hybridized carbons (Fsp3) is 0.286. The van der Waals surface area contributed by atoms with E-state index in [0.717, 1.165) is 12.1 Å². The summed E-state index contributed by atoms with van der Waals surface area (Å²) < 4.78 is 70.1. The molecule has 40 heavy (non-hydrogen) atoms. The van der Waals surface area contributed by atoms with Gasteiger partial charge in [-0.1, -0.05) is 31.2 Å². The van der Waals surface area contributed by atoms with Gasteiger partial charge in [0.25, 0.3) is 11.9 Å². The molecule has 0 aliphatic heterocycles. The lowest BCUT2D eigenvalue weighted by atomic mass is 10.1. The molecule has 0 saturated carbocycles. The van der Waals surface area contributed by atoms with E-state index in [4.69, 9.17) is 4.74 Å². The highest BCUT2D eigenvalue weighted by Gasteiger charge is 2.30. The Hall–Kier alpha value is -3.90. The largest absolute Gasteiger partial charge is 0.460 e. The molecule has 1 aromatic heterocycles. The summed E-state index contributed by atoms with van der Waals surface area (Å²) in [5.41, 5.74) is 1.80. The first-order valence-electron chi connectivity index (χ1n) is 12.5. The number of aliphatic hydroxyl groups is 1. The second-order valence-electron chi connectivity index (χ2n) is 9.01. The molecule has 0 aliphatic carbocycles. The zero-order chi connectivity index (χ0) is 29.1. The number of nitrogens with one attached hydrogen (secondary N) is 1. The van der Waals surface area contributed by atoms with Crippen molar-refractivity contribution in [3.63, 3.8) is 0 Å². The van der Waals surface area contributed by atoms with Crippen LogP contribution in [0.25, 0.3) is 11.0 Å². The standard InChI is InChI=1S/C28H28F3N3O5S/c1-3-34-25-14-9-20(26(36)32-24(16-35)19-7-12-22(13-8-19)40(37,38)4-2)15-23(25)33-27(34)39-17-18-5-10-21(11-6-18)28(29,30)31/h5-15,24,35H,3-4,16-17H2,1-2H3,(H,32,36). The molecule has 12 heteroatoms. The smallest absolute Gasteiger partial charge is 0.416 e. The van der Waals surface area contributed by atoms with Crippen molar-refractivity contribution in [3.05, 3.63) is 89.0 Å². The number of aliphatic hydroxyl groups excluding tert-OH is 1. The van der Waals surface area contributed by atoms with Crippen LogP contribution >= 0.6 is 0 Å². The van der Waals surface area contributed by atoms with E-state index < -0.39 is 40.1 Å². The van der Waals surface area contributed by atoms with E-state index >= 15 is 0 Å². The summed E-state index contributed by atoms with van der Waals surface area (Å²) >= 11 is 0. The predicted octanol–water partition coefficient (Wildman–Crippen LogP) is 4.91. The number of aryl methyl sites for hydroxylation is 1. The molecule has 3 aromatic carbocycles. The summed E-state index contributed by atoms with van der Waals surface area (Å²) in [6.07, 6.45) is -4.42. The summed E-state index contributed by atoms with van der Waals surface area (Å²) in [5.74, 6) is -0.505. The van der Waals surface area contributed by atoms with Crippen molar-refractivity contribution in [1.29, 1.82) is 0 Å². The summed E-state index contributed by atoms with van der Waals surface area (Å²) in [7, 11) is -3.38. The van der Waals surface area contributed by atoms with Crippen LogP contribution in [0.2, 0.25) is 0 Å². The van der Waals surface area contributed by atoms with Crippen LogP contribution in [0, 0.1) is 0 Å². The molecular formula is C28H28F3N3O5S. The number of sulfone groups is 1. The highest BCUT2D eigenvalue weighted by Crippen LogP contribution is 2.29. The quantitative estimate of drug-likeness (QED) is 0.278. The minimum absolute atomic E-state index is 0.00529. The highest BCUT2D eigenvalue weighted by molar-refractivity contribution is 7.91. The van der Waals surface area contributed by atoms with E-state index in [0.29, 0.717) is 28.7 Å². The van der Waals surface area contributed by atoms with Crippen molar-refractivity contribution < 1.29 is 36.2 Å². The third-order valence-electron chi connectivity index (χ3n) is 6.45. The Morgan fingerprint density at radius 2 is 1.73 bits per heavy atom. The minimum Gasteiger partial charge on any atom is -0.460 e. The number of nitrogens with zero attached hydrogens (tertiary/aromatic N) is 2. The topological polar surface area (TPSA) is 111 Å². The van der Waals surface area contributed by atoms with Crippen LogP contribution in [0.3, 0.4) is 0 Å². The van der Waals surface area contributed by atoms with Crippen LogP contribution in [0.4, 0.5) is 13.2 Å². The van der Waals surface area contributed by atoms with E-state index in [2.05, 4.69) is 10.3 Å². The van der Waals surface area contributed by atoms with Crippen LogP contribution in [0.5, 0.6) is 6.01 Å². The normalized spacial score (nSPS) is 12.8. The van der Waals surface area contributed by atoms with E-state index in [9.17, 15) is 31.5 Å². The zero-order valence-electron chi connectivity index (χ0n) is 21.8. The third-order valence-corrected chi connectivity index (χ3v) is 8.20. The van der Waals surface area contributed by atoms with E-state index in [1.807, 2.05) is 6.92 Å². The molecular weight excluding hydrogens is 547 g/mol. The highest BCUT2D eigenvalue weighted by atomic mass is 32.2. The van der Waals surface area contributed by atoms with Crippen LogP contribution in [0.15, 0.2) is 71.6 Å². The van der Waals surface area contributed by atoms with Crippen molar-refractivity contribution in [1.82, 2.24) is 14.9 Å². The lowest BCUT2D eigenvalue weighted by Crippen LogP contribution is -2.30. The average Bonchev–Trinajstić information content (AvgIpc) is 3.31. The molecule has 212 valence electrons. The number of carbonyl (C=O) groups is 1. The number of benzene rings is 3. The fourth-order valence-corrected chi connectivity index (χ4v) is 5.04. The molecule has 1 unspecified atom stereocenters. The zero-order valence-corrected chi connectivity index (χ0v) is 22.6. The van der Waals surface area contributed by atoms with Gasteiger partial charge in [0, 0.05) is 12.1 Å². The van der Waals surface area contributed by atoms with Crippen molar-refractivity contribution >= 4 is 26.8 Å². The Kier molecular flexibility index (Phi) is 8.50. The van der Waals surface area contributed by atoms with Crippen molar-refractivity contribution in [3.8, 4) is 6.01 Å². The maximum absolute atomic E-state index is 13.0. The molecule has 0 fully saturated rings.